The van der Waals surface area contributed by atoms with E-state index in [0.29, 0.717) is 4.90 Å². The fraction of sp³-hybridized carbons (Fsp3) is 0.333. The third kappa shape index (κ3) is 4.75. The summed E-state index contributed by atoms with van der Waals surface area (Å²) in [5.41, 5.74) is -0.495. The Labute approximate surface area is 176 Å². The minimum Gasteiger partial charge on any atom is -0.462 e. The number of carbonyl (C=O) groups is 1. The molecule has 1 N–H and O–H groups in total. The van der Waals surface area contributed by atoms with Gasteiger partial charge in [0.15, 0.2) is 0 Å². The molecule has 156 valence electrons. The number of hydrogen-bond acceptors (Lipinski definition) is 5. The summed E-state index contributed by atoms with van der Waals surface area (Å²) in [6, 6.07) is 6.59. The first-order chi connectivity index (χ1) is 13.5. The van der Waals surface area contributed by atoms with E-state index in [2.05, 4.69) is 0 Å². The third-order valence-corrected chi connectivity index (χ3v) is 6.53. The lowest BCUT2D eigenvalue weighted by Gasteiger charge is -2.22. The zero-order valence-electron chi connectivity index (χ0n) is 16.9. The van der Waals surface area contributed by atoms with Crippen LogP contribution in [-0.2, 0) is 15.5 Å². The van der Waals surface area contributed by atoms with Gasteiger partial charge in [-0.25, -0.2) is 13.6 Å². The average molecular weight is 440 g/mol. The van der Waals surface area contributed by atoms with Crippen molar-refractivity contribution in [2.75, 3.05) is 12.9 Å². The first-order valence-corrected chi connectivity index (χ1v) is 11.2. The predicted octanol–water partition coefficient (Wildman–Crippen LogP) is 5.40. The van der Waals surface area contributed by atoms with Gasteiger partial charge in [0.1, 0.15) is 16.7 Å². The molecule has 0 bridgehead atoms. The van der Waals surface area contributed by atoms with E-state index in [-0.39, 0.29) is 23.3 Å². The van der Waals surface area contributed by atoms with Gasteiger partial charge in [-0.05, 0) is 58.2 Å². The van der Waals surface area contributed by atoms with Crippen LogP contribution in [0.5, 0.6) is 0 Å². The van der Waals surface area contributed by atoms with Gasteiger partial charge < -0.3 is 4.74 Å². The average Bonchev–Trinajstić information content (AvgIpc) is 2.67. The molecule has 4 nitrogen and oxygen atoms in total. The normalized spacial score (nSPS) is 12.5. The van der Waals surface area contributed by atoms with E-state index in [1.165, 1.54) is 17.8 Å². The highest BCUT2D eigenvalue weighted by Crippen LogP contribution is 2.39. The van der Waals surface area contributed by atoms with Gasteiger partial charge in [-0.1, -0.05) is 6.07 Å². The quantitative estimate of drug-likeness (QED) is 0.293. The number of carbonyl (C=O) groups excluding carboxylic acids is 1. The summed E-state index contributed by atoms with van der Waals surface area (Å²) in [5, 5.41) is 7.84. The van der Waals surface area contributed by atoms with Crippen LogP contribution in [0.1, 0.15) is 43.6 Å². The Balaban J connectivity index is 2.90. The largest absolute Gasteiger partial charge is 0.462 e. The summed E-state index contributed by atoms with van der Waals surface area (Å²) in [6.07, 6.45) is 1.74. The molecule has 0 radical (unpaired) electrons. The van der Waals surface area contributed by atoms with Crippen molar-refractivity contribution in [2.45, 2.75) is 37.3 Å². The van der Waals surface area contributed by atoms with E-state index in [1.54, 1.807) is 46.1 Å². The lowest BCUT2D eigenvalue weighted by Crippen LogP contribution is -2.29. The SMILES string of the molecule is CCOC(=O)c1cccc(SC)c1-c1c(F)ccc(F)c1C(=N)S(=O)C(C)(C)C. The van der Waals surface area contributed by atoms with Crippen LogP contribution in [0.3, 0.4) is 0 Å². The van der Waals surface area contributed by atoms with E-state index in [0.717, 1.165) is 12.1 Å². The molecule has 8 heteroatoms. The first-order valence-electron chi connectivity index (χ1n) is 8.87. The Bertz CT molecular complexity index is 985. The molecular formula is C21H23F2NO3S2. The van der Waals surface area contributed by atoms with Crippen molar-refractivity contribution in [3.8, 4) is 11.1 Å². The molecule has 2 aromatic rings. The van der Waals surface area contributed by atoms with Crippen LogP contribution in [0.4, 0.5) is 8.78 Å². The second-order valence-electron chi connectivity index (χ2n) is 7.09. The molecule has 0 saturated carbocycles. The van der Waals surface area contributed by atoms with Gasteiger partial charge in [-0.15, -0.1) is 11.8 Å². The Morgan fingerprint density at radius 1 is 1.14 bits per heavy atom. The van der Waals surface area contributed by atoms with E-state index in [1.807, 2.05) is 0 Å². The molecule has 0 saturated heterocycles. The molecule has 1 unspecified atom stereocenters. The van der Waals surface area contributed by atoms with Crippen molar-refractivity contribution < 1.29 is 22.5 Å². The Morgan fingerprint density at radius 3 is 2.31 bits per heavy atom. The number of benzene rings is 2. The second kappa shape index (κ2) is 9.17. The van der Waals surface area contributed by atoms with Crippen LogP contribution in [0.2, 0.25) is 0 Å². The van der Waals surface area contributed by atoms with E-state index in [4.69, 9.17) is 10.1 Å². The summed E-state index contributed by atoms with van der Waals surface area (Å²) in [4.78, 5) is 13.0. The summed E-state index contributed by atoms with van der Waals surface area (Å²) < 4.78 is 46.9. The minimum absolute atomic E-state index is 0.0544. The van der Waals surface area contributed by atoms with Gasteiger partial charge in [0.2, 0.25) is 0 Å². The second-order valence-corrected chi connectivity index (χ2v) is 10.1. The van der Waals surface area contributed by atoms with Crippen LogP contribution >= 0.6 is 11.8 Å². The van der Waals surface area contributed by atoms with Crippen LogP contribution in [-0.4, -0.2) is 32.8 Å². The molecule has 0 aromatic heterocycles. The van der Waals surface area contributed by atoms with Gasteiger partial charge in [0.05, 0.1) is 28.5 Å². The molecule has 0 heterocycles. The Morgan fingerprint density at radius 2 is 1.76 bits per heavy atom. The van der Waals surface area contributed by atoms with Crippen LogP contribution < -0.4 is 0 Å². The molecule has 0 spiro atoms. The molecule has 0 fully saturated rings. The number of ether oxygens (including phenoxy) is 1. The van der Waals surface area contributed by atoms with Crippen molar-refractivity contribution >= 4 is 33.6 Å². The monoisotopic (exact) mass is 439 g/mol. The highest BCUT2D eigenvalue weighted by molar-refractivity contribution is 8.02. The molecule has 2 rings (SSSR count). The molecule has 29 heavy (non-hydrogen) atoms. The number of nitrogens with one attached hydrogen (secondary N) is 1. The zero-order valence-corrected chi connectivity index (χ0v) is 18.5. The van der Waals surface area contributed by atoms with Crippen molar-refractivity contribution in [2.24, 2.45) is 0 Å². The topological polar surface area (TPSA) is 67.2 Å². The van der Waals surface area contributed by atoms with E-state index >= 15 is 4.39 Å². The van der Waals surface area contributed by atoms with Gasteiger partial charge in [-0.3, -0.25) is 9.62 Å². The van der Waals surface area contributed by atoms with Crippen LogP contribution in [0.25, 0.3) is 11.1 Å². The maximum Gasteiger partial charge on any atom is 0.338 e. The van der Waals surface area contributed by atoms with Gasteiger partial charge >= 0.3 is 5.97 Å². The van der Waals surface area contributed by atoms with Crippen molar-refractivity contribution in [1.29, 1.82) is 5.41 Å². The fourth-order valence-electron chi connectivity index (χ4n) is 2.76. The van der Waals surface area contributed by atoms with Crippen molar-refractivity contribution in [1.82, 2.24) is 0 Å². The molecular weight excluding hydrogens is 416 g/mol. The standard InChI is InChI=1S/C21H23F2NO3S2/c1-6-27-20(25)12-8-7-9-15(28-5)16(12)17-13(22)10-11-14(23)18(17)19(24)29(26)21(2,3)4/h7-11,24H,6H2,1-5H3. The molecule has 0 aliphatic carbocycles. The van der Waals surface area contributed by atoms with E-state index in [9.17, 15) is 13.4 Å². The Hall–Kier alpha value is -2.06. The number of esters is 1. The summed E-state index contributed by atoms with van der Waals surface area (Å²) in [5.74, 6) is -2.38. The third-order valence-electron chi connectivity index (χ3n) is 4.06. The summed E-state index contributed by atoms with van der Waals surface area (Å²) in [6.45, 7) is 6.70. The van der Waals surface area contributed by atoms with Crippen LogP contribution in [0.15, 0.2) is 35.2 Å². The molecule has 0 aliphatic rings. The van der Waals surface area contributed by atoms with Gasteiger partial charge in [0, 0.05) is 20.8 Å². The number of hydrogen-bond donors (Lipinski definition) is 1. The molecule has 1 atom stereocenters. The van der Waals surface area contributed by atoms with Gasteiger partial charge in [-0.2, -0.15) is 0 Å². The van der Waals surface area contributed by atoms with E-state index < -0.39 is 43.8 Å². The number of rotatable bonds is 5. The van der Waals surface area contributed by atoms with Crippen LogP contribution in [0, 0.1) is 17.0 Å². The Kier molecular flexibility index (Phi) is 7.35. The predicted molar refractivity (Wildman–Crippen MR) is 114 cm³/mol. The molecule has 0 amide bonds. The maximum absolute atomic E-state index is 15.1. The maximum atomic E-state index is 15.1. The molecule has 0 aliphatic heterocycles. The lowest BCUT2D eigenvalue weighted by molar-refractivity contribution is 0.0527. The first kappa shape index (κ1) is 23.2. The zero-order chi connectivity index (χ0) is 21.9. The van der Waals surface area contributed by atoms with Gasteiger partial charge in [0.25, 0.3) is 0 Å². The highest BCUT2D eigenvalue weighted by Gasteiger charge is 2.31. The smallest absolute Gasteiger partial charge is 0.338 e. The van der Waals surface area contributed by atoms with Crippen molar-refractivity contribution in [3.05, 3.63) is 53.1 Å². The summed E-state index contributed by atoms with van der Waals surface area (Å²) in [7, 11) is -1.91. The lowest BCUT2D eigenvalue weighted by atomic mass is 9.94. The number of halogens is 2. The fourth-order valence-corrected chi connectivity index (χ4v) is 4.38. The highest BCUT2D eigenvalue weighted by atomic mass is 32.2. The molecule has 2 aromatic carbocycles. The number of thioether (sulfide) groups is 1. The summed E-state index contributed by atoms with van der Waals surface area (Å²) >= 11 is 1.25. The minimum atomic E-state index is -1.91. The van der Waals surface area contributed by atoms with Crippen molar-refractivity contribution in [3.63, 3.8) is 0 Å².